The Labute approximate surface area is 381 Å². The third-order valence-electron chi connectivity index (χ3n) is 10.5. The molecular weight excluding hydrogens is 797 g/mol. The summed E-state index contributed by atoms with van der Waals surface area (Å²) in [6.45, 7) is 3.20. The summed E-state index contributed by atoms with van der Waals surface area (Å²) in [6, 6.07) is 0. The summed E-state index contributed by atoms with van der Waals surface area (Å²) in [6.07, 6.45) is 49.9. The summed E-state index contributed by atoms with van der Waals surface area (Å²) >= 11 is 0. The molecule has 1 heterocycles. The van der Waals surface area contributed by atoms with Crippen LogP contribution in [0.1, 0.15) is 168 Å². The molecule has 10 nitrogen and oxygen atoms in total. The number of allylic oxidation sites excluding steroid dienone is 16. The molecule has 63 heavy (non-hydrogen) atoms. The number of esters is 2. The number of aliphatic hydroxyl groups excluding tert-OH is 4. The van der Waals surface area contributed by atoms with Gasteiger partial charge in [0.1, 0.15) is 31.0 Å². The number of aliphatic hydroxyl groups is 4. The molecular formula is C53H86O10. The first-order valence-corrected chi connectivity index (χ1v) is 24.3. The molecule has 6 atom stereocenters. The highest BCUT2D eigenvalue weighted by Crippen LogP contribution is 2.22. The SMILES string of the molecule is CC/C=C/C/C=C/C/C=C/C/C=C/C/C=C/C/C=C/CCC(=O)O[C@@H](COC(=O)CCCCCCCCCCC/C=C/C/C=C/CCCCC)CO[C@H]1O[C@@H](CO)[C@@H](O)C(O)C1O. The van der Waals surface area contributed by atoms with Gasteiger partial charge in [0.2, 0.25) is 0 Å². The average molecular weight is 883 g/mol. The summed E-state index contributed by atoms with van der Waals surface area (Å²) in [7, 11) is 0. The normalized spacial score (nSPS) is 20.4. The standard InChI is InChI=1S/C53H86O10/c1-3-5-7-9-11-13-15-17-19-21-23-25-27-29-31-33-35-37-39-41-48(55)60-44-46(45-61-53-52(59)51(58)50(57)47(43-54)63-53)62-49(56)42-40-38-36-34-32-30-28-26-24-22-20-18-16-14-12-10-8-6-4-2/h6,8,11-14,17-20,24,26,30,32,36,38,46-47,50-54,57-59H,3-5,7,9-10,15-16,21-23,25,27-29,31,33-35,37,39-45H2,1-2H3/b8-6+,13-11+,14-12+,19-17+,20-18+,26-24+,32-30+,38-36+/t46-,47-,50+,51?,52?,53-/m0/s1. The second-order valence-electron chi connectivity index (χ2n) is 16.2. The van der Waals surface area contributed by atoms with Crippen molar-refractivity contribution in [1.82, 2.24) is 0 Å². The summed E-state index contributed by atoms with van der Waals surface area (Å²) in [4.78, 5) is 25.4. The Morgan fingerprint density at radius 2 is 0.968 bits per heavy atom. The first kappa shape index (κ1) is 57.6. The summed E-state index contributed by atoms with van der Waals surface area (Å²) in [5, 5.41) is 40.1. The number of ether oxygens (including phenoxy) is 4. The van der Waals surface area contributed by atoms with E-state index in [1.807, 2.05) is 12.2 Å². The molecule has 0 spiro atoms. The average Bonchev–Trinajstić information content (AvgIpc) is 3.28. The van der Waals surface area contributed by atoms with E-state index in [1.165, 1.54) is 57.8 Å². The lowest BCUT2D eigenvalue weighted by Crippen LogP contribution is -2.59. The van der Waals surface area contributed by atoms with Crippen LogP contribution < -0.4 is 0 Å². The molecule has 0 aromatic heterocycles. The van der Waals surface area contributed by atoms with Gasteiger partial charge in [-0.25, -0.2) is 0 Å². The van der Waals surface area contributed by atoms with Crippen LogP contribution in [-0.4, -0.2) is 89.0 Å². The number of carbonyl (C=O) groups is 2. The minimum atomic E-state index is -1.61. The zero-order chi connectivity index (χ0) is 45.9. The molecule has 1 fully saturated rings. The second-order valence-corrected chi connectivity index (χ2v) is 16.2. The lowest BCUT2D eigenvalue weighted by molar-refractivity contribution is -0.305. The molecule has 1 aliphatic heterocycles. The minimum absolute atomic E-state index is 0.0986. The van der Waals surface area contributed by atoms with E-state index in [0.29, 0.717) is 12.8 Å². The van der Waals surface area contributed by atoms with Crippen LogP contribution in [0.15, 0.2) is 97.2 Å². The predicted octanol–water partition coefficient (Wildman–Crippen LogP) is 11.1. The lowest BCUT2D eigenvalue weighted by atomic mass is 9.99. The third-order valence-corrected chi connectivity index (χ3v) is 10.5. The Bertz CT molecular complexity index is 1340. The summed E-state index contributed by atoms with van der Waals surface area (Å²) in [5.74, 6) is -0.916. The van der Waals surface area contributed by atoms with Gasteiger partial charge in [0.05, 0.1) is 13.2 Å². The van der Waals surface area contributed by atoms with Crippen LogP contribution in [0.5, 0.6) is 0 Å². The van der Waals surface area contributed by atoms with Crippen LogP contribution >= 0.6 is 0 Å². The molecule has 358 valence electrons. The van der Waals surface area contributed by atoms with Crippen LogP contribution in [0.2, 0.25) is 0 Å². The van der Waals surface area contributed by atoms with Crippen LogP contribution in [0.4, 0.5) is 0 Å². The monoisotopic (exact) mass is 883 g/mol. The maximum atomic E-state index is 12.8. The molecule has 1 aliphatic rings. The van der Waals surface area contributed by atoms with Gasteiger partial charge in [-0.15, -0.1) is 0 Å². The topological polar surface area (TPSA) is 152 Å². The van der Waals surface area contributed by atoms with E-state index in [2.05, 4.69) is 98.9 Å². The Kier molecular flexibility index (Phi) is 38.9. The lowest BCUT2D eigenvalue weighted by Gasteiger charge is -2.39. The van der Waals surface area contributed by atoms with Gasteiger partial charge >= 0.3 is 11.9 Å². The third kappa shape index (κ3) is 33.8. The number of hydrogen-bond acceptors (Lipinski definition) is 10. The van der Waals surface area contributed by atoms with Crippen LogP contribution in [0.25, 0.3) is 0 Å². The van der Waals surface area contributed by atoms with Gasteiger partial charge in [-0.05, 0) is 83.5 Å². The highest BCUT2D eigenvalue weighted by molar-refractivity contribution is 5.70. The van der Waals surface area contributed by atoms with E-state index < -0.39 is 55.4 Å². The van der Waals surface area contributed by atoms with Crippen molar-refractivity contribution in [3.8, 4) is 0 Å². The highest BCUT2D eigenvalue weighted by atomic mass is 16.7. The van der Waals surface area contributed by atoms with Gasteiger partial charge in [0.25, 0.3) is 0 Å². The van der Waals surface area contributed by atoms with Crippen LogP contribution in [-0.2, 0) is 28.5 Å². The van der Waals surface area contributed by atoms with Gasteiger partial charge in [0.15, 0.2) is 12.4 Å². The fourth-order valence-corrected chi connectivity index (χ4v) is 6.65. The molecule has 0 bridgehead atoms. The molecule has 0 saturated carbocycles. The van der Waals surface area contributed by atoms with Gasteiger partial charge in [0, 0.05) is 12.8 Å². The molecule has 0 aromatic carbocycles. The summed E-state index contributed by atoms with van der Waals surface area (Å²) in [5.41, 5.74) is 0. The molecule has 0 aliphatic carbocycles. The van der Waals surface area contributed by atoms with Crippen molar-refractivity contribution in [1.29, 1.82) is 0 Å². The summed E-state index contributed by atoms with van der Waals surface area (Å²) < 4.78 is 22.1. The van der Waals surface area contributed by atoms with Crippen molar-refractivity contribution < 1.29 is 49.0 Å². The first-order chi connectivity index (χ1) is 30.8. The van der Waals surface area contributed by atoms with E-state index in [-0.39, 0.29) is 26.1 Å². The molecule has 4 N–H and O–H groups in total. The minimum Gasteiger partial charge on any atom is -0.462 e. The zero-order valence-corrected chi connectivity index (χ0v) is 39.0. The smallest absolute Gasteiger partial charge is 0.306 e. The largest absolute Gasteiger partial charge is 0.462 e. The second kappa shape index (κ2) is 42.6. The molecule has 0 amide bonds. The van der Waals surface area contributed by atoms with E-state index in [9.17, 15) is 30.0 Å². The number of unbranched alkanes of at least 4 members (excludes halogenated alkanes) is 12. The van der Waals surface area contributed by atoms with Crippen molar-refractivity contribution in [3.05, 3.63) is 97.2 Å². The van der Waals surface area contributed by atoms with Gasteiger partial charge in [-0.3, -0.25) is 9.59 Å². The van der Waals surface area contributed by atoms with E-state index >= 15 is 0 Å². The number of carbonyl (C=O) groups excluding carboxylic acids is 2. The zero-order valence-electron chi connectivity index (χ0n) is 39.0. The molecule has 0 radical (unpaired) electrons. The van der Waals surface area contributed by atoms with E-state index in [1.54, 1.807) is 0 Å². The van der Waals surface area contributed by atoms with Gasteiger partial charge < -0.3 is 39.4 Å². The van der Waals surface area contributed by atoms with Crippen LogP contribution in [0, 0.1) is 0 Å². The van der Waals surface area contributed by atoms with Crippen LogP contribution in [0.3, 0.4) is 0 Å². The maximum absolute atomic E-state index is 12.8. The van der Waals surface area contributed by atoms with Crippen molar-refractivity contribution in [2.24, 2.45) is 0 Å². The molecule has 10 heteroatoms. The van der Waals surface area contributed by atoms with Gasteiger partial charge in [-0.2, -0.15) is 0 Å². The Hall–Kier alpha value is -3.38. The molecule has 1 saturated heterocycles. The first-order valence-electron chi connectivity index (χ1n) is 24.3. The van der Waals surface area contributed by atoms with Crippen molar-refractivity contribution in [3.63, 3.8) is 0 Å². The Morgan fingerprint density at radius 3 is 1.48 bits per heavy atom. The molecule has 1 rings (SSSR count). The number of rotatable bonds is 39. The Balaban J connectivity index is 2.36. The molecule has 0 aromatic rings. The van der Waals surface area contributed by atoms with E-state index in [0.717, 1.165) is 70.6 Å². The highest BCUT2D eigenvalue weighted by Gasteiger charge is 2.44. The maximum Gasteiger partial charge on any atom is 0.306 e. The van der Waals surface area contributed by atoms with Crippen molar-refractivity contribution in [2.75, 3.05) is 19.8 Å². The fraction of sp³-hybridized carbons (Fsp3) is 0.660. The Morgan fingerprint density at radius 1 is 0.508 bits per heavy atom. The predicted molar refractivity (Wildman–Crippen MR) is 256 cm³/mol. The quantitative estimate of drug-likeness (QED) is 0.0267. The van der Waals surface area contributed by atoms with Gasteiger partial charge in [-0.1, -0.05) is 169 Å². The molecule has 2 unspecified atom stereocenters. The van der Waals surface area contributed by atoms with E-state index in [4.69, 9.17) is 18.9 Å². The number of hydrogen-bond donors (Lipinski definition) is 4. The fourth-order valence-electron chi connectivity index (χ4n) is 6.65. The van der Waals surface area contributed by atoms with Crippen molar-refractivity contribution in [2.45, 2.75) is 205 Å². The van der Waals surface area contributed by atoms with Crippen molar-refractivity contribution >= 4 is 11.9 Å².